The fourth-order valence-electron chi connectivity index (χ4n) is 4.16. The third-order valence-corrected chi connectivity index (χ3v) is 6.62. The van der Waals surface area contributed by atoms with Gasteiger partial charge in [0.15, 0.2) is 0 Å². The highest BCUT2D eigenvalue weighted by Gasteiger charge is 2.26. The van der Waals surface area contributed by atoms with Crippen LogP contribution in [-0.4, -0.2) is 32.7 Å². The quantitative estimate of drug-likeness (QED) is 0.476. The number of imidazole rings is 1. The van der Waals surface area contributed by atoms with Gasteiger partial charge in [0, 0.05) is 36.3 Å². The first kappa shape index (κ1) is 20.4. The Morgan fingerprint density at radius 3 is 2.94 bits per heavy atom. The molecule has 2 N–H and O–H groups in total. The molecule has 0 aliphatic heterocycles. The van der Waals surface area contributed by atoms with Gasteiger partial charge in [-0.1, -0.05) is 12.1 Å². The van der Waals surface area contributed by atoms with E-state index in [0.717, 1.165) is 46.6 Å². The largest absolute Gasteiger partial charge is 0.352 e. The molecule has 0 unspecified atom stereocenters. The topological polar surface area (TPSA) is 88.4 Å². The Kier molecular flexibility index (Phi) is 5.45. The second-order valence-electron chi connectivity index (χ2n) is 7.99. The second-order valence-corrected chi connectivity index (χ2v) is 8.97. The van der Waals surface area contributed by atoms with E-state index in [2.05, 4.69) is 20.6 Å². The summed E-state index contributed by atoms with van der Waals surface area (Å²) in [4.78, 5) is 34.0. The average molecular weight is 446 g/mol. The van der Waals surface area contributed by atoms with Gasteiger partial charge in [-0.05, 0) is 54.7 Å². The molecule has 0 radical (unpaired) electrons. The lowest BCUT2D eigenvalue weighted by Gasteiger charge is -2.14. The molecule has 32 heavy (non-hydrogen) atoms. The van der Waals surface area contributed by atoms with Crippen LogP contribution in [0, 0.1) is 6.92 Å². The van der Waals surface area contributed by atoms with Crippen molar-refractivity contribution in [1.82, 2.24) is 25.0 Å². The number of hydrogen-bond donors (Lipinski definition) is 2. The van der Waals surface area contributed by atoms with Crippen LogP contribution in [0.25, 0.3) is 5.65 Å². The van der Waals surface area contributed by atoms with E-state index < -0.39 is 0 Å². The Labute approximate surface area is 189 Å². The van der Waals surface area contributed by atoms with E-state index in [0.29, 0.717) is 17.8 Å². The first-order valence-corrected chi connectivity index (χ1v) is 11.5. The number of aryl methyl sites for hydroxylation is 2. The predicted molar refractivity (Wildman–Crippen MR) is 123 cm³/mol. The highest BCUT2D eigenvalue weighted by molar-refractivity contribution is 7.09. The summed E-state index contributed by atoms with van der Waals surface area (Å²) < 4.78 is 1.82. The average Bonchev–Trinajstić information content (AvgIpc) is 3.53. The van der Waals surface area contributed by atoms with Gasteiger partial charge >= 0.3 is 0 Å². The van der Waals surface area contributed by atoms with Crippen molar-refractivity contribution in [2.45, 2.75) is 32.2 Å². The van der Waals surface area contributed by atoms with Crippen LogP contribution in [0.4, 0.5) is 0 Å². The number of hydrogen-bond acceptors (Lipinski definition) is 5. The predicted octanol–water partition coefficient (Wildman–Crippen LogP) is 3.49. The minimum Gasteiger partial charge on any atom is -0.352 e. The van der Waals surface area contributed by atoms with Crippen molar-refractivity contribution in [3.63, 3.8) is 0 Å². The fourth-order valence-corrected chi connectivity index (χ4v) is 4.78. The molecule has 3 aromatic heterocycles. The van der Waals surface area contributed by atoms with E-state index in [1.165, 1.54) is 0 Å². The minimum atomic E-state index is -0.148. The van der Waals surface area contributed by atoms with Gasteiger partial charge < -0.3 is 10.6 Å². The standard InChI is InChI=1S/C24H23N5O2S/c1-15-2-7-21-27-13-20(29(21)14-15)24(31)28-19-6-4-16-12-17(3-5-18(16)19)23(30)26-9-8-22-25-10-11-32-22/h2-3,5,7,10-14,19H,4,6,8-9H2,1H3,(H,26,30)(H,28,31)/t19-/m1/s1. The number of benzene rings is 1. The molecule has 0 bridgehead atoms. The summed E-state index contributed by atoms with van der Waals surface area (Å²) >= 11 is 1.59. The van der Waals surface area contributed by atoms with Gasteiger partial charge in [0.2, 0.25) is 0 Å². The van der Waals surface area contributed by atoms with Gasteiger partial charge in [-0.3, -0.25) is 14.0 Å². The zero-order valence-corrected chi connectivity index (χ0v) is 18.5. The minimum absolute atomic E-state index is 0.0742. The maximum Gasteiger partial charge on any atom is 0.270 e. The zero-order valence-electron chi connectivity index (χ0n) is 17.7. The van der Waals surface area contributed by atoms with Crippen molar-refractivity contribution < 1.29 is 9.59 Å². The molecule has 1 aromatic carbocycles. The van der Waals surface area contributed by atoms with E-state index in [-0.39, 0.29) is 17.9 Å². The zero-order chi connectivity index (χ0) is 22.1. The summed E-state index contributed by atoms with van der Waals surface area (Å²) in [5, 5.41) is 9.05. The van der Waals surface area contributed by atoms with E-state index in [4.69, 9.17) is 0 Å². The summed E-state index contributed by atoms with van der Waals surface area (Å²) in [6, 6.07) is 9.54. The molecule has 0 spiro atoms. The van der Waals surface area contributed by atoms with Gasteiger partial charge in [0.05, 0.1) is 17.2 Å². The molecule has 1 aliphatic carbocycles. The summed E-state index contributed by atoms with van der Waals surface area (Å²) in [6.45, 7) is 2.54. The smallest absolute Gasteiger partial charge is 0.270 e. The molecule has 8 heteroatoms. The van der Waals surface area contributed by atoms with Crippen LogP contribution in [0.2, 0.25) is 0 Å². The van der Waals surface area contributed by atoms with Crippen molar-refractivity contribution in [3.8, 4) is 0 Å². The van der Waals surface area contributed by atoms with Crippen LogP contribution in [-0.2, 0) is 12.8 Å². The van der Waals surface area contributed by atoms with Crippen LogP contribution in [0.15, 0.2) is 54.3 Å². The number of pyridine rings is 1. The number of carbonyl (C=O) groups is 2. The van der Waals surface area contributed by atoms with Crippen molar-refractivity contribution in [2.75, 3.05) is 6.54 Å². The van der Waals surface area contributed by atoms with E-state index in [1.807, 2.05) is 53.2 Å². The number of nitrogens with one attached hydrogen (secondary N) is 2. The van der Waals surface area contributed by atoms with Crippen molar-refractivity contribution in [2.24, 2.45) is 0 Å². The lowest BCUT2D eigenvalue weighted by Crippen LogP contribution is -2.28. The summed E-state index contributed by atoms with van der Waals surface area (Å²) in [6.07, 6.45) is 7.66. The molecule has 7 nitrogen and oxygen atoms in total. The van der Waals surface area contributed by atoms with Gasteiger partial charge in [0.1, 0.15) is 11.3 Å². The Morgan fingerprint density at radius 1 is 1.19 bits per heavy atom. The van der Waals surface area contributed by atoms with Gasteiger partial charge in [-0.2, -0.15) is 0 Å². The number of rotatable bonds is 6. The molecular weight excluding hydrogens is 422 g/mol. The number of carbonyl (C=O) groups excluding carboxylic acids is 2. The highest BCUT2D eigenvalue weighted by atomic mass is 32.1. The monoisotopic (exact) mass is 445 g/mol. The molecule has 2 amide bonds. The van der Waals surface area contributed by atoms with Crippen LogP contribution < -0.4 is 10.6 Å². The van der Waals surface area contributed by atoms with Crippen molar-refractivity contribution in [3.05, 3.63) is 87.3 Å². The maximum atomic E-state index is 12.9. The van der Waals surface area contributed by atoms with Gasteiger partial charge in [-0.15, -0.1) is 11.3 Å². The molecule has 1 atom stereocenters. The SMILES string of the molecule is Cc1ccc2ncc(C(=O)N[C@@H]3CCc4cc(C(=O)NCCc5nccs5)ccc43)n2c1. The van der Waals surface area contributed by atoms with E-state index >= 15 is 0 Å². The Bertz CT molecular complexity index is 1300. The van der Waals surface area contributed by atoms with Crippen molar-refractivity contribution in [1.29, 1.82) is 0 Å². The van der Waals surface area contributed by atoms with Crippen LogP contribution >= 0.6 is 11.3 Å². The first-order chi connectivity index (χ1) is 15.6. The number of fused-ring (bicyclic) bond motifs is 2. The molecule has 1 aliphatic rings. The van der Waals surface area contributed by atoms with Crippen LogP contribution in [0.1, 0.15) is 55.0 Å². The summed E-state index contributed by atoms with van der Waals surface area (Å²) in [5.41, 5.74) is 5.16. The molecule has 3 heterocycles. The normalized spacial score (nSPS) is 15.0. The van der Waals surface area contributed by atoms with E-state index in [9.17, 15) is 9.59 Å². The molecule has 4 aromatic rings. The number of amides is 2. The second kappa shape index (κ2) is 8.55. The summed E-state index contributed by atoms with van der Waals surface area (Å²) in [7, 11) is 0. The third kappa shape index (κ3) is 4.01. The molecule has 0 fully saturated rings. The molecular formula is C24H23N5O2S. The number of thiazole rings is 1. The third-order valence-electron chi connectivity index (χ3n) is 5.78. The van der Waals surface area contributed by atoms with Gasteiger partial charge in [-0.25, -0.2) is 9.97 Å². The first-order valence-electron chi connectivity index (χ1n) is 10.6. The van der Waals surface area contributed by atoms with Gasteiger partial charge in [0.25, 0.3) is 11.8 Å². The number of nitrogens with zero attached hydrogens (tertiary/aromatic N) is 3. The molecule has 0 saturated carbocycles. The fraction of sp³-hybridized carbons (Fsp3) is 0.250. The highest BCUT2D eigenvalue weighted by Crippen LogP contribution is 2.32. The lowest BCUT2D eigenvalue weighted by atomic mass is 10.0. The van der Waals surface area contributed by atoms with Crippen molar-refractivity contribution >= 4 is 28.8 Å². The van der Waals surface area contributed by atoms with Crippen LogP contribution in [0.5, 0.6) is 0 Å². The lowest BCUT2D eigenvalue weighted by molar-refractivity contribution is 0.0927. The number of aromatic nitrogens is 3. The van der Waals surface area contributed by atoms with E-state index in [1.54, 1.807) is 23.7 Å². The molecule has 5 rings (SSSR count). The Balaban J connectivity index is 1.25. The summed E-state index contributed by atoms with van der Waals surface area (Å²) in [5.74, 6) is -0.233. The maximum absolute atomic E-state index is 12.9. The Hall–Kier alpha value is -3.52. The molecule has 0 saturated heterocycles. The molecule has 162 valence electrons. The Morgan fingerprint density at radius 2 is 2.09 bits per heavy atom. The van der Waals surface area contributed by atoms with Crippen LogP contribution in [0.3, 0.4) is 0 Å².